The number of para-hydroxylation sites is 1. The predicted molar refractivity (Wildman–Crippen MR) is 125 cm³/mol. The molecule has 1 saturated heterocycles. The summed E-state index contributed by atoms with van der Waals surface area (Å²) >= 11 is 3.23. The maximum absolute atomic E-state index is 12.0. The summed E-state index contributed by atoms with van der Waals surface area (Å²) in [7, 11) is 1.63. The van der Waals surface area contributed by atoms with Crippen LogP contribution in [0.1, 0.15) is 30.6 Å². The number of carbonyl (C=O) groups is 1. The third-order valence-corrected chi connectivity index (χ3v) is 6.76. The van der Waals surface area contributed by atoms with Crippen LogP contribution >= 0.6 is 23.1 Å². The Labute approximate surface area is 187 Å². The van der Waals surface area contributed by atoms with Crippen molar-refractivity contribution in [2.24, 2.45) is 0 Å². The van der Waals surface area contributed by atoms with Gasteiger partial charge < -0.3 is 14.8 Å². The van der Waals surface area contributed by atoms with E-state index in [4.69, 9.17) is 9.47 Å². The van der Waals surface area contributed by atoms with Crippen LogP contribution in [0, 0.1) is 0 Å². The molecule has 162 valence electrons. The number of benzene rings is 1. The molecule has 0 bridgehead atoms. The number of hydrogen-bond acceptors (Lipinski definition) is 6. The Bertz CT molecular complexity index is 816. The normalized spacial score (nSPS) is 14.7. The van der Waals surface area contributed by atoms with Crippen LogP contribution in [0.4, 0.5) is 0 Å². The molecule has 1 aliphatic rings. The molecular weight excluding hydrogens is 416 g/mol. The maximum atomic E-state index is 12.0. The first kappa shape index (κ1) is 22.7. The number of thioether (sulfide) groups is 1. The Balaban J connectivity index is 1.28. The first-order valence-corrected chi connectivity index (χ1v) is 12.2. The zero-order chi connectivity index (χ0) is 21.0. The van der Waals surface area contributed by atoms with Crippen LogP contribution < -0.4 is 14.8 Å². The molecule has 0 spiro atoms. The highest BCUT2D eigenvalue weighted by molar-refractivity contribution is 8.00. The number of thiophene rings is 1. The summed E-state index contributed by atoms with van der Waals surface area (Å²) in [4.78, 5) is 16.8. The van der Waals surface area contributed by atoms with Crippen molar-refractivity contribution in [2.75, 3.05) is 32.6 Å². The van der Waals surface area contributed by atoms with Crippen molar-refractivity contribution in [3.8, 4) is 11.5 Å². The molecule has 0 radical (unpaired) electrons. The molecule has 1 aromatic carbocycles. The summed E-state index contributed by atoms with van der Waals surface area (Å²) in [5.41, 5.74) is 0. The highest BCUT2D eigenvalue weighted by Gasteiger charge is 2.11. The lowest BCUT2D eigenvalue weighted by Gasteiger charge is -2.25. The minimum Gasteiger partial charge on any atom is -0.496 e. The standard InChI is InChI=1S/C23H30N2O3S2/c1-27-21-9-3-4-10-22(21)30-18-23(26)24-11-5-8-14-28-19-15-20(29-17-19)16-25-12-6-2-7-13-25/h3-5,9-11,15,17H,2,6-8,12-14,16,18H2,1H3,(H,24,26)/b11-5-. The van der Waals surface area contributed by atoms with Gasteiger partial charge in [-0.05, 0) is 50.3 Å². The average molecular weight is 447 g/mol. The van der Waals surface area contributed by atoms with E-state index in [-0.39, 0.29) is 5.91 Å². The third-order valence-electron chi connectivity index (χ3n) is 4.80. The summed E-state index contributed by atoms with van der Waals surface area (Å²) in [6.45, 7) is 4.05. The van der Waals surface area contributed by atoms with Crippen molar-refractivity contribution in [1.29, 1.82) is 0 Å². The number of nitrogens with one attached hydrogen (secondary N) is 1. The Morgan fingerprint density at radius 1 is 1.27 bits per heavy atom. The molecule has 0 unspecified atom stereocenters. The molecule has 3 rings (SSSR count). The second kappa shape index (κ2) is 12.7. The topological polar surface area (TPSA) is 50.8 Å². The molecule has 2 aromatic rings. The minimum atomic E-state index is -0.0386. The Hall–Kier alpha value is -1.96. The fourth-order valence-electron chi connectivity index (χ4n) is 3.26. The van der Waals surface area contributed by atoms with Gasteiger partial charge in [0.2, 0.25) is 5.91 Å². The number of piperidine rings is 1. The van der Waals surface area contributed by atoms with Gasteiger partial charge in [0.1, 0.15) is 11.5 Å². The lowest BCUT2D eigenvalue weighted by molar-refractivity contribution is -0.117. The highest BCUT2D eigenvalue weighted by Crippen LogP contribution is 2.28. The summed E-state index contributed by atoms with van der Waals surface area (Å²) in [6, 6.07) is 9.85. The monoisotopic (exact) mass is 446 g/mol. The van der Waals surface area contributed by atoms with E-state index in [1.54, 1.807) is 24.6 Å². The first-order valence-electron chi connectivity index (χ1n) is 10.4. The molecule has 0 saturated carbocycles. The van der Waals surface area contributed by atoms with Crippen LogP contribution in [0.3, 0.4) is 0 Å². The molecule has 1 N–H and O–H groups in total. The van der Waals surface area contributed by atoms with Crippen molar-refractivity contribution >= 4 is 29.0 Å². The highest BCUT2D eigenvalue weighted by atomic mass is 32.2. The summed E-state index contributed by atoms with van der Waals surface area (Å²) in [5, 5.41) is 4.88. The van der Waals surface area contributed by atoms with Gasteiger partial charge in [-0.2, -0.15) is 0 Å². The Morgan fingerprint density at radius 2 is 2.10 bits per heavy atom. The molecule has 5 nitrogen and oxygen atoms in total. The van der Waals surface area contributed by atoms with Gasteiger partial charge in [-0.3, -0.25) is 9.69 Å². The van der Waals surface area contributed by atoms with Crippen molar-refractivity contribution in [2.45, 2.75) is 37.1 Å². The van der Waals surface area contributed by atoms with E-state index in [2.05, 4.69) is 21.7 Å². The molecule has 1 aliphatic heterocycles. The van der Waals surface area contributed by atoms with E-state index < -0.39 is 0 Å². The molecular formula is C23H30N2O3S2. The Morgan fingerprint density at radius 3 is 2.93 bits per heavy atom. The maximum Gasteiger partial charge on any atom is 0.234 e. The van der Waals surface area contributed by atoms with Gasteiger partial charge in [-0.15, -0.1) is 23.1 Å². The van der Waals surface area contributed by atoms with Crippen LogP contribution in [0.5, 0.6) is 11.5 Å². The number of hydrogen-bond donors (Lipinski definition) is 1. The van der Waals surface area contributed by atoms with Crippen molar-refractivity contribution in [3.05, 3.63) is 52.9 Å². The quantitative estimate of drug-likeness (QED) is 0.392. The van der Waals surface area contributed by atoms with Crippen molar-refractivity contribution in [1.82, 2.24) is 10.2 Å². The average Bonchev–Trinajstić information content (AvgIpc) is 3.22. The summed E-state index contributed by atoms with van der Waals surface area (Å²) in [5.74, 6) is 2.03. The van der Waals surface area contributed by atoms with Crippen LogP contribution in [0.15, 0.2) is 52.9 Å². The van der Waals surface area contributed by atoms with Gasteiger partial charge in [0, 0.05) is 28.1 Å². The predicted octanol–water partition coefficient (Wildman–Crippen LogP) is 4.93. The zero-order valence-corrected chi connectivity index (χ0v) is 19.1. The second-order valence-corrected chi connectivity index (χ2v) is 9.15. The molecule has 1 amide bonds. The van der Waals surface area contributed by atoms with E-state index in [1.807, 2.05) is 30.3 Å². The van der Waals surface area contributed by atoms with Crippen molar-refractivity contribution in [3.63, 3.8) is 0 Å². The largest absolute Gasteiger partial charge is 0.496 e. The van der Waals surface area contributed by atoms with Crippen LogP contribution in [-0.4, -0.2) is 43.4 Å². The molecule has 2 heterocycles. The van der Waals surface area contributed by atoms with E-state index in [9.17, 15) is 4.79 Å². The van der Waals surface area contributed by atoms with Gasteiger partial charge in [0.05, 0.1) is 19.5 Å². The van der Waals surface area contributed by atoms with Gasteiger partial charge >= 0.3 is 0 Å². The van der Waals surface area contributed by atoms with E-state index >= 15 is 0 Å². The fourth-order valence-corrected chi connectivity index (χ4v) is 4.94. The Kier molecular flexibility index (Phi) is 9.60. The molecule has 1 fully saturated rings. The molecule has 30 heavy (non-hydrogen) atoms. The number of likely N-dealkylation sites (tertiary alicyclic amines) is 1. The van der Waals surface area contributed by atoms with Gasteiger partial charge in [0.25, 0.3) is 0 Å². The molecule has 1 aromatic heterocycles. The fraction of sp³-hybridized carbons (Fsp3) is 0.435. The number of rotatable bonds is 11. The van der Waals surface area contributed by atoms with Crippen LogP contribution in [0.25, 0.3) is 0 Å². The lowest BCUT2D eigenvalue weighted by Crippen LogP contribution is -2.28. The number of carbonyl (C=O) groups excluding carboxylic acids is 1. The van der Waals surface area contributed by atoms with E-state index in [0.717, 1.165) is 29.4 Å². The third kappa shape index (κ3) is 7.70. The minimum absolute atomic E-state index is 0.0386. The van der Waals surface area contributed by atoms with Gasteiger partial charge in [-0.1, -0.05) is 24.6 Å². The number of methoxy groups -OCH3 is 1. The zero-order valence-electron chi connectivity index (χ0n) is 17.5. The first-order chi connectivity index (χ1) is 14.7. The summed E-state index contributed by atoms with van der Waals surface area (Å²) in [6.07, 6.45) is 8.37. The van der Waals surface area contributed by atoms with E-state index in [1.165, 1.54) is 49.0 Å². The SMILES string of the molecule is COc1ccccc1SCC(=O)N/C=C\CCOc1csc(CN2CCCCC2)c1. The van der Waals surface area contributed by atoms with Crippen LogP contribution in [-0.2, 0) is 11.3 Å². The lowest BCUT2D eigenvalue weighted by atomic mass is 10.1. The molecule has 0 aliphatic carbocycles. The van der Waals surface area contributed by atoms with Gasteiger partial charge in [-0.25, -0.2) is 0 Å². The number of nitrogens with zero attached hydrogens (tertiary/aromatic N) is 1. The van der Waals surface area contributed by atoms with Crippen LogP contribution in [0.2, 0.25) is 0 Å². The smallest absolute Gasteiger partial charge is 0.234 e. The van der Waals surface area contributed by atoms with Crippen molar-refractivity contribution < 1.29 is 14.3 Å². The van der Waals surface area contributed by atoms with E-state index in [0.29, 0.717) is 12.4 Å². The molecule has 0 atom stereocenters. The second-order valence-electron chi connectivity index (χ2n) is 7.13. The molecule has 7 heteroatoms. The van der Waals surface area contributed by atoms with Gasteiger partial charge in [0.15, 0.2) is 0 Å². The number of ether oxygens (including phenoxy) is 2. The summed E-state index contributed by atoms with van der Waals surface area (Å²) < 4.78 is 11.1. The number of amides is 1.